The summed E-state index contributed by atoms with van der Waals surface area (Å²) in [6.07, 6.45) is 2.28. The van der Waals surface area contributed by atoms with Gasteiger partial charge in [0.15, 0.2) is 0 Å². The minimum atomic E-state index is -2.65. The lowest BCUT2D eigenvalue weighted by atomic mass is 9.51. The Morgan fingerprint density at radius 2 is 1.64 bits per heavy atom. The first kappa shape index (κ1) is 29.3. The molecule has 1 unspecified atom stereocenters. The van der Waals surface area contributed by atoms with E-state index in [1.807, 2.05) is 67.3 Å². The van der Waals surface area contributed by atoms with Gasteiger partial charge in [0.05, 0.1) is 11.1 Å². The Morgan fingerprint density at radius 1 is 0.977 bits per heavy atom. The fourth-order valence-corrected chi connectivity index (χ4v) is 8.74. The molecule has 1 aliphatic carbocycles. The normalized spacial score (nSPS) is 24.1. The summed E-state index contributed by atoms with van der Waals surface area (Å²) in [6.45, 7) is 4.98. The van der Waals surface area contributed by atoms with Gasteiger partial charge in [0, 0.05) is 58.5 Å². The van der Waals surface area contributed by atoms with Gasteiger partial charge in [-0.3, -0.25) is 9.59 Å². The summed E-state index contributed by atoms with van der Waals surface area (Å²) in [5.41, 5.74) is 9.34. The molecular weight excluding hydrogens is 597 g/mol. The summed E-state index contributed by atoms with van der Waals surface area (Å²) in [6, 6.07) is 19.3. The zero-order chi connectivity index (χ0) is 31.0. The van der Waals surface area contributed by atoms with Gasteiger partial charge < -0.3 is 29.8 Å². The molecule has 1 atom stereocenters. The number of carbonyl (C=O) groups excluding carboxylic acids is 2. The number of halogens is 1. The third kappa shape index (κ3) is 4.30. The molecule has 4 N–H and O–H groups in total. The van der Waals surface area contributed by atoms with E-state index in [-0.39, 0.29) is 17.7 Å². The van der Waals surface area contributed by atoms with Gasteiger partial charge in [-0.25, -0.2) is 0 Å². The first-order valence-electron chi connectivity index (χ1n) is 15.0. The molecule has 4 aromatic carbocycles. The topological polar surface area (TPSA) is 116 Å². The quantitative estimate of drug-likeness (QED) is 0.125. The number of fused-ring (bicyclic) bond motifs is 6. The number of nitrogen functional groups attached to an aromatic ring is 1. The van der Waals surface area contributed by atoms with E-state index in [2.05, 4.69) is 6.07 Å². The van der Waals surface area contributed by atoms with Crippen LogP contribution in [0.2, 0.25) is 0 Å². The molecule has 228 valence electrons. The van der Waals surface area contributed by atoms with E-state index in [0.717, 1.165) is 44.8 Å². The summed E-state index contributed by atoms with van der Waals surface area (Å²) in [4.78, 5) is 51.7. The smallest absolute Gasteiger partial charge is 0.391 e. The molecule has 2 aliphatic heterocycles. The minimum Gasteiger partial charge on any atom is -0.426 e. The van der Waals surface area contributed by atoms with Crippen molar-refractivity contribution in [1.82, 2.24) is 0 Å². The molecule has 0 spiro atoms. The third-order valence-corrected chi connectivity index (χ3v) is 10.9. The van der Waals surface area contributed by atoms with Crippen molar-refractivity contribution < 1.29 is 23.9 Å². The lowest BCUT2D eigenvalue weighted by Crippen LogP contribution is -2.60. The van der Waals surface area contributed by atoms with Crippen LogP contribution in [0.3, 0.4) is 0 Å². The van der Waals surface area contributed by atoms with Crippen molar-refractivity contribution in [2.24, 2.45) is 10.8 Å². The summed E-state index contributed by atoms with van der Waals surface area (Å²) < 4.78 is 5.42. The monoisotopic (exact) mass is 631 g/mol. The lowest BCUT2D eigenvalue weighted by Gasteiger charge is -2.54. The molecule has 3 aliphatic rings. The van der Waals surface area contributed by atoms with Crippen LogP contribution in [-0.4, -0.2) is 40.6 Å². The van der Waals surface area contributed by atoms with Gasteiger partial charge in [0.1, 0.15) is 5.75 Å². The van der Waals surface area contributed by atoms with Crippen LogP contribution < -0.4 is 20.1 Å². The van der Waals surface area contributed by atoms with Crippen molar-refractivity contribution in [2.45, 2.75) is 45.4 Å². The van der Waals surface area contributed by atoms with Crippen LogP contribution in [0.4, 0.5) is 17.1 Å². The number of carbonyl (C=O) groups is 2. The Morgan fingerprint density at radius 3 is 2.30 bits per heavy atom. The number of hydrogen-bond donors (Lipinski definition) is 3. The molecule has 10 heteroatoms. The van der Waals surface area contributed by atoms with Crippen molar-refractivity contribution in [3.8, 4) is 5.75 Å². The van der Waals surface area contributed by atoms with Crippen LogP contribution in [-0.2, 0) is 16.0 Å². The summed E-state index contributed by atoms with van der Waals surface area (Å²) in [5.74, 6) is 0.534. The number of hydrogen-bond acceptors (Lipinski definition) is 6. The molecular formula is C34H35ClN3O5P. The van der Waals surface area contributed by atoms with Crippen molar-refractivity contribution in [3.05, 3.63) is 71.8 Å². The maximum atomic E-state index is 14.4. The van der Waals surface area contributed by atoms with E-state index in [1.165, 1.54) is 0 Å². The third-order valence-electron chi connectivity index (χ3n) is 10.1. The maximum absolute atomic E-state index is 14.4. The van der Waals surface area contributed by atoms with E-state index >= 15 is 0 Å². The fourth-order valence-electron chi connectivity index (χ4n) is 8.16. The Labute approximate surface area is 262 Å². The van der Waals surface area contributed by atoms with Gasteiger partial charge in [-0.1, -0.05) is 62.4 Å². The van der Waals surface area contributed by atoms with Gasteiger partial charge in [0.2, 0.25) is 11.8 Å². The number of alkyl halides is 1. The van der Waals surface area contributed by atoms with Crippen LogP contribution in [0.5, 0.6) is 5.75 Å². The summed E-state index contributed by atoms with van der Waals surface area (Å²) in [5, 5.41) is 3.69. The second kappa shape index (κ2) is 10.6. The van der Waals surface area contributed by atoms with Gasteiger partial charge in [0.25, 0.3) is 0 Å². The van der Waals surface area contributed by atoms with Crippen LogP contribution in [0.15, 0.2) is 60.7 Å². The van der Waals surface area contributed by atoms with Crippen LogP contribution >= 0.6 is 20.2 Å². The number of amides is 2. The average Bonchev–Trinajstić information content (AvgIpc) is 3.60. The fraction of sp³-hybridized carbons (Fsp3) is 0.353. The molecule has 0 radical (unpaired) electrons. The standard InChI is InChI=1S/C34H35ClN3O5P/c1-3-34(32(40)37-13-12-23-21-8-4-5-9-22(21)26(36)14-27(23)37)18-33(2,19-34)31(39)38-17-20(16-35)30-25-11-7-6-10-24(25)29(15-28(30)38)43-44(41)42/h4-11,14-15,20,41-42H,3,12-13,16-19,36H2,1-2H3. The van der Waals surface area contributed by atoms with Crippen molar-refractivity contribution in [2.75, 3.05) is 34.5 Å². The van der Waals surface area contributed by atoms with E-state index in [9.17, 15) is 19.4 Å². The Bertz CT molecular complexity index is 1840. The van der Waals surface area contributed by atoms with Crippen molar-refractivity contribution in [1.29, 1.82) is 0 Å². The zero-order valence-corrected chi connectivity index (χ0v) is 26.4. The highest BCUT2D eigenvalue weighted by Crippen LogP contribution is 2.60. The predicted octanol–water partition coefficient (Wildman–Crippen LogP) is 6.62. The largest absolute Gasteiger partial charge is 0.426 e. The number of nitrogens with two attached hydrogens (primary N) is 1. The number of nitrogens with zero attached hydrogens (tertiary/aromatic N) is 2. The molecule has 0 bridgehead atoms. The second-order valence-corrected chi connectivity index (χ2v) is 13.7. The van der Waals surface area contributed by atoms with Gasteiger partial charge in [-0.05, 0) is 53.6 Å². The van der Waals surface area contributed by atoms with Gasteiger partial charge in [-0.15, -0.1) is 11.6 Å². The first-order chi connectivity index (χ1) is 21.1. The van der Waals surface area contributed by atoms with E-state index in [1.54, 1.807) is 11.0 Å². The molecule has 0 saturated heterocycles. The number of rotatable bonds is 6. The van der Waals surface area contributed by atoms with E-state index in [4.69, 9.17) is 21.9 Å². The molecule has 1 saturated carbocycles. The lowest BCUT2D eigenvalue weighted by molar-refractivity contribution is -0.153. The van der Waals surface area contributed by atoms with Crippen LogP contribution in [0.1, 0.15) is 50.2 Å². The molecule has 7 rings (SSSR count). The molecule has 2 heterocycles. The molecule has 4 aromatic rings. The number of benzene rings is 4. The zero-order valence-electron chi connectivity index (χ0n) is 24.7. The van der Waals surface area contributed by atoms with Crippen LogP contribution in [0.25, 0.3) is 21.5 Å². The van der Waals surface area contributed by atoms with Crippen molar-refractivity contribution in [3.63, 3.8) is 0 Å². The Balaban J connectivity index is 1.20. The molecule has 8 nitrogen and oxygen atoms in total. The summed E-state index contributed by atoms with van der Waals surface area (Å²) in [7, 11) is -2.65. The predicted molar refractivity (Wildman–Crippen MR) is 176 cm³/mol. The molecule has 44 heavy (non-hydrogen) atoms. The highest BCUT2D eigenvalue weighted by Gasteiger charge is 2.61. The Kier molecular flexibility index (Phi) is 7.05. The van der Waals surface area contributed by atoms with Crippen LogP contribution in [0, 0.1) is 10.8 Å². The van der Waals surface area contributed by atoms with Crippen molar-refractivity contribution >= 4 is 70.6 Å². The van der Waals surface area contributed by atoms with E-state index in [0.29, 0.717) is 55.4 Å². The Hall–Kier alpha value is -3.42. The highest BCUT2D eigenvalue weighted by atomic mass is 35.5. The first-order valence-corrected chi connectivity index (χ1v) is 16.7. The minimum absolute atomic E-state index is 0.0556. The van der Waals surface area contributed by atoms with Gasteiger partial charge in [-0.2, -0.15) is 0 Å². The number of anilines is 3. The average molecular weight is 632 g/mol. The molecule has 2 amide bonds. The second-order valence-electron chi connectivity index (χ2n) is 12.7. The highest BCUT2D eigenvalue weighted by molar-refractivity contribution is 7.39. The molecule has 1 fully saturated rings. The van der Waals surface area contributed by atoms with E-state index < -0.39 is 19.4 Å². The summed E-state index contributed by atoms with van der Waals surface area (Å²) >= 11 is 6.46. The van der Waals surface area contributed by atoms with Gasteiger partial charge >= 0.3 is 8.60 Å². The molecule has 0 aromatic heterocycles. The maximum Gasteiger partial charge on any atom is 0.391 e. The SMILES string of the molecule is CCC1(C(=O)N2CCc3c2cc(N)c2ccccc32)CC(C)(C(=O)N2CC(CCl)c3c2cc(OP(O)O)c2ccccc32)C1.